The molecule has 6 nitrogen and oxygen atoms in total. The minimum atomic E-state index is -5.08. The van der Waals surface area contributed by atoms with Gasteiger partial charge in [0.1, 0.15) is 5.82 Å². The normalized spacial score (nSPS) is 10.9. The van der Waals surface area contributed by atoms with Crippen molar-refractivity contribution in [2.45, 2.75) is 19.5 Å². The van der Waals surface area contributed by atoms with Crippen molar-refractivity contribution >= 4 is 5.97 Å². The maximum absolute atomic E-state index is 13.1. The van der Waals surface area contributed by atoms with Crippen molar-refractivity contribution < 1.29 is 27.5 Å². The van der Waals surface area contributed by atoms with Crippen LogP contribution in [0.25, 0.3) is 5.69 Å². The van der Waals surface area contributed by atoms with Gasteiger partial charge in [-0.3, -0.25) is 0 Å². The molecule has 126 valence electrons. The van der Waals surface area contributed by atoms with Crippen LogP contribution in [0.3, 0.4) is 0 Å². The van der Waals surface area contributed by atoms with Gasteiger partial charge in [-0.05, 0) is 37.2 Å². The fourth-order valence-electron chi connectivity index (χ4n) is 1.46. The molecule has 0 aliphatic heterocycles. The molecule has 0 amide bonds. The van der Waals surface area contributed by atoms with Crippen LogP contribution in [0.4, 0.5) is 17.6 Å². The molecular weight excluding hydrogens is 320 g/mol. The lowest BCUT2D eigenvalue weighted by atomic mass is 10.2. The van der Waals surface area contributed by atoms with E-state index in [0.29, 0.717) is 18.5 Å². The number of aryl methyl sites for hydroxylation is 1. The van der Waals surface area contributed by atoms with E-state index in [0.717, 1.165) is 11.4 Å². The summed E-state index contributed by atoms with van der Waals surface area (Å²) in [5.41, 5.74) is 7.66. The number of nitrogens with zero attached hydrogens (tertiary/aromatic N) is 3. The Kier molecular flexibility index (Phi) is 6.19. The van der Waals surface area contributed by atoms with E-state index >= 15 is 0 Å². The first-order valence-corrected chi connectivity index (χ1v) is 6.33. The largest absolute Gasteiger partial charge is 0.490 e. The maximum Gasteiger partial charge on any atom is 0.490 e. The average molecular weight is 334 g/mol. The molecule has 0 fully saturated rings. The number of carboxylic acids is 1. The molecule has 0 bridgehead atoms. The van der Waals surface area contributed by atoms with Crippen LogP contribution < -0.4 is 5.73 Å². The molecule has 2 aromatic rings. The zero-order valence-electron chi connectivity index (χ0n) is 12.0. The first-order valence-electron chi connectivity index (χ1n) is 6.33. The summed E-state index contributed by atoms with van der Waals surface area (Å²) in [6.07, 6.45) is -2.58. The number of carboxylic acid groups (broad SMARTS) is 1. The molecule has 1 aromatic carbocycles. The summed E-state index contributed by atoms with van der Waals surface area (Å²) in [5.74, 6) is -2.97. The van der Waals surface area contributed by atoms with Crippen LogP contribution >= 0.6 is 0 Å². The van der Waals surface area contributed by atoms with Crippen molar-refractivity contribution in [2.75, 3.05) is 6.54 Å². The van der Waals surface area contributed by atoms with E-state index in [4.69, 9.17) is 15.6 Å². The Balaban J connectivity index is 0.000000322. The molecular formula is C13H14F4N4O2. The number of hydrogen-bond donors (Lipinski definition) is 2. The van der Waals surface area contributed by atoms with E-state index in [9.17, 15) is 17.6 Å². The zero-order chi connectivity index (χ0) is 17.6. The number of hydrogen-bond acceptors (Lipinski definition) is 4. The van der Waals surface area contributed by atoms with Crippen molar-refractivity contribution in [3.63, 3.8) is 0 Å². The van der Waals surface area contributed by atoms with Crippen molar-refractivity contribution in [3.8, 4) is 5.69 Å². The lowest BCUT2D eigenvalue weighted by Crippen LogP contribution is -2.21. The van der Waals surface area contributed by atoms with E-state index < -0.39 is 12.1 Å². The molecule has 0 unspecified atom stereocenters. The number of benzene rings is 1. The number of alkyl halides is 3. The smallest absolute Gasteiger partial charge is 0.475 e. The Morgan fingerprint density at radius 1 is 1.39 bits per heavy atom. The highest BCUT2D eigenvalue weighted by Gasteiger charge is 2.38. The first kappa shape index (κ1) is 18.6. The van der Waals surface area contributed by atoms with Crippen LogP contribution in [-0.4, -0.2) is 38.8 Å². The number of nitrogens with two attached hydrogens (primary N) is 1. The number of aromatic nitrogens is 3. The summed E-state index contributed by atoms with van der Waals surface area (Å²) < 4.78 is 46.4. The molecule has 2 rings (SSSR count). The highest BCUT2D eigenvalue weighted by molar-refractivity contribution is 5.73. The summed E-state index contributed by atoms with van der Waals surface area (Å²) >= 11 is 0. The van der Waals surface area contributed by atoms with Crippen LogP contribution in [0, 0.1) is 12.7 Å². The summed E-state index contributed by atoms with van der Waals surface area (Å²) in [6, 6.07) is 4.83. The molecule has 1 heterocycles. The summed E-state index contributed by atoms with van der Waals surface area (Å²) in [5, 5.41) is 15.1. The summed E-state index contributed by atoms with van der Waals surface area (Å²) in [4.78, 5) is 8.90. The van der Waals surface area contributed by atoms with E-state index in [2.05, 4.69) is 10.3 Å². The van der Waals surface area contributed by atoms with Crippen LogP contribution in [0.2, 0.25) is 0 Å². The Morgan fingerprint density at radius 3 is 2.48 bits per heavy atom. The SMILES string of the molecule is Cc1cc(-n2cc(CCN)nn2)ccc1F.O=C(O)C(F)(F)F. The first-order chi connectivity index (χ1) is 10.6. The van der Waals surface area contributed by atoms with Gasteiger partial charge in [0.05, 0.1) is 17.6 Å². The van der Waals surface area contributed by atoms with E-state index in [1.165, 1.54) is 6.07 Å². The van der Waals surface area contributed by atoms with Crippen molar-refractivity contribution in [3.05, 3.63) is 41.5 Å². The topological polar surface area (TPSA) is 94.0 Å². The van der Waals surface area contributed by atoms with Gasteiger partial charge in [0.2, 0.25) is 0 Å². The van der Waals surface area contributed by atoms with Gasteiger partial charge in [-0.2, -0.15) is 13.2 Å². The van der Waals surface area contributed by atoms with Gasteiger partial charge >= 0.3 is 12.1 Å². The Hall–Kier alpha value is -2.49. The Labute approximate surface area is 128 Å². The molecule has 0 saturated carbocycles. The van der Waals surface area contributed by atoms with E-state index in [-0.39, 0.29) is 5.82 Å². The molecule has 0 aliphatic carbocycles. The quantitative estimate of drug-likeness (QED) is 0.836. The molecule has 10 heteroatoms. The second-order valence-electron chi connectivity index (χ2n) is 4.43. The second-order valence-corrected chi connectivity index (χ2v) is 4.43. The monoisotopic (exact) mass is 334 g/mol. The number of rotatable bonds is 3. The van der Waals surface area contributed by atoms with Crippen LogP contribution in [0.15, 0.2) is 24.4 Å². The molecule has 0 saturated heterocycles. The molecule has 0 spiro atoms. The number of carbonyl (C=O) groups is 1. The van der Waals surface area contributed by atoms with Gasteiger partial charge in [-0.1, -0.05) is 5.21 Å². The van der Waals surface area contributed by atoms with Crippen LogP contribution in [0.1, 0.15) is 11.3 Å². The fourth-order valence-corrected chi connectivity index (χ4v) is 1.46. The highest BCUT2D eigenvalue weighted by Crippen LogP contribution is 2.13. The molecule has 3 N–H and O–H groups in total. The highest BCUT2D eigenvalue weighted by atomic mass is 19.4. The molecule has 0 radical (unpaired) electrons. The van der Waals surface area contributed by atoms with Gasteiger partial charge in [0.25, 0.3) is 0 Å². The van der Waals surface area contributed by atoms with Crippen LogP contribution in [-0.2, 0) is 11.2 Å². The van der Waals surface area contributed by atoms with Gasteiger partial charge in [-0.25, -0.2) is 13.9 Å². The van der Waals surface area contributed by atoms with Crippen molar-refractivity contribution in [1.29, 1.82) is 0 Å². The van der Waals surface area contributed by atoms with Gasteiger partial charge in [0, 0.05) is 6.42 Å². The molecule has 0 aliphatic rings. The van der Waals surface area contributed by atoms with E-state index in [1.807, 2.05) is 0 Å². The Bertz CT molecular complexity index is 670. The lowest BCUT2D eigenvalue weighted by molar-refractivity contribution is -0.192. The fraction of sp³-hybridized carbons (Fsp3) is 0.308. The van der Waals surface area contributed by atoms with Crippen molar-refractivity contribution in [1.82, 2.24) is 15.0 Å². The summed E-state index contributed by atoms with van der Waals surface area (Å²) in [7, 11) is 0. The number of halogens is 4. The lowest BCUT2D eigenvalue weighted by Gasteiger charge is -2.01. The predicted octanol–water partition coefficient (Wildman–Crippen LogP) is 1.85. The minimum absolute atomic E-state index is 0.217. The summed E-state index contributed by atoms with van der Waals surface area (Å²) in [6.45, 7) is 2.26. The molecule has 1 aromatic heterocycles. The van der Waals surface area contributed by atoms with Gasteiger partial charge in [-0.15, -0.1) is 5.10 Å². The molecule has 0 atom stereocenters. The van der Waals surface area contributed by atoms with E-state index in [1.54, 1.807) is 29.9 Å². The van der Waals surface area contributed by atoms with Crippen molar-refractivity contribution in [2.24, 2.45) is 5.73 Å². The third-order valence-electron chi connectivity index (χ3n) is 2.59. The minimum Gasteiger partial charge on any atom is -0.475 e. The molecule has 23 heavy (non-hydrogen) atoms. The average Bonchev–Trinajstić information content (AvgIpc) is 2.90. The number of aliphatic carboxylic acids is 1. The van der Waals surface area contributed by atoms with Crippen LogP contribution in [0.5, 0.6) is 0 Å². The third kappa shape index (κ3) is 5.66. The zero-order valence-corrected chi connectivity index (χ0v) is 12.0. The maximum atomic E-state index is 13.1. The second kappa shape index (κ2) is 7.68. The predicted molar refractivity (Wildman–Crippen MR) is 72.5 cm³/mol. The standard InChI is InChI=1S/C11H13FN4.C2HF3O2/c1-8-6-10(2-3-11(8)12)16-7-9(4-5-13)14-15-16;3-2(4,5)1(6)7/h2-3,6-7H,4-5,13H2,1H3;(H,6,7). The Morgan fingerprint density at radius 2 is 2.00 bits per heavy atom. The van der Waals surface area contributed by atoms with Gasteiger partial charge in [0.15, 0.2) is 0 Å². The third-order valence-corrected chi connectivity index (χ3v) is 2.59. The van der Waals surface area contributed by atoms with Gasteiger partial charge < -0.3 is 10.8 Å².